The monoisotopic (exact) mass is 589 g/mol. The molecule has 0 atom stereocenters. The third-order valence-corrected chi connectivity index (χ3v) is 8.50. The minimum atomic E-state index is -3.87. The van der Waals surface area contributed by atoms with Crippen LogP contribution >= 0.6 is 11.8 Å². The van der Waals surface area contributed by atoms with E-state index in [0.717, 1.165) is 28.1 Å². The maximum Gasteiger partial charge on any atom is 0.261 e. The third kappa shape index (κ3) is 5.39. The number of benzene rings is 4. The van der Waals surface area contributed by atoms with E-state index in [0.29, 0.717) is 39.6 Å². The van der Waals surface area contributed by atoms with E-state index in [2.05, 4.69) is 15.0 Å². The molecule has 1 amide bonds. The summed E-state index contributed by atoms with van der Waals surface area (Å²) in [5.74, 6) is 0.805. The number of methoxy groups -OCH3 is 2. The van der Waals surface area contributed by atoms with Crippen molar-refractivity contribution in [3.63, 3.8) is 0 Å². The number of furan rings is 1. The van der Waals surface area contributed by atoms with Crippen molar-refractivity contribution in [2.24, 2.45) is 0 Å². The zero-order valence-corrected chi connectivity index (χ0v) is 23.5. The third-order valence-electron chi connectivity index (χ3n) is 6.29. The van der Waals surface area contributed by atoms with Crippen molar-refractivity contribution >= 4 is 72.1 Å². The summed E-state index contributed by atoms with van der Waals surface area (Å²) in [6, 6.07) is 22.2. The summed E-state index contributed by atoms with van der Waals surface area (Å²) in [6.45, 7) is 0. The predicted octanol–water partition coefficient (Wildman–Crippen LogP) is 6.28. The lowest BCUT2D eigenvalue weighted by Crippen LogP contribution is -2.14. The van der Waals surface area contributed by atoms with Gasteiger partial charge in [-0.2, -0.15) is 0 Å². The Morgan fingerprint density at radius 1 is 0.878 bits per heavy atom. The van der Waals surface area contributed by atoms with E-state index in [9.17, 15) is 13.2 Å². The average molecular weight is 590 g/mol. The van der Waals surface area contributed by atoms with Gasteiger partial charge < -0.3 is 23.6 Å². The van der Waals surface area contributed by atoms with Crippen LogP contribution in [0.5, 0.6) is 11.5 Å². The first-order valence-electron chi connectivity index (χ1n) is 12.3. The lowest BCUT2D eigenvalue weighted by molar-refractivity contribution is -0.113. The number of carbonyl (C=O) groups is 1. The van der Waals surface area contributed by atoms with E-state index >= 15 is 0 Å². The maximum absolute atomic E-state index is 12.9. The first-order valence-corrected chi connectivity index (χ1v) is 14.8. The molecule has 0 aliphatic heterocycles. The summed E-state index contributed by atoms with van der Waals surface area (Å²) < 4.78 is 50.6. The zero-order valence-electron chi connectivity index (χ0n) is 21.8. The molecule has 6 aromatic rings. The molecule has 0 aliphatic carbocycles. The molecule has 2 heterocycles. The first-order chi connectivity index (χ1) is 19.8. The van der Waals surface area contributed by atoms with E-state index < -0.39 is 10.0 Å². The number of aromatic nitrogens is 1. The zero-order chi connectivity index (χ0) is 28.6. The van der Waals surface area contributed by atoms with Crippen LogP contribution in [0.4, 0.5) is 11.4 Å². The van der Waals surface area contributed by atoms with E-state index in [-0.39, 0.29) is 21.8 Å². The molecule has 41 heavy (non-hydrogen) atoms. The summed E-state index contributed by atoms with van der Waals surface area (Å²) in [6.07, 6.45) is 0. The number of hydrogen-bond donors (Lipinski definition) is 2. The number of nitrogens with zero attached hydrogens (tertiary/aromatic N) is 1. The van der Waals surface area contributed by atoms with Gasteiger partial charge in [0, 0.05) is 22.5 Å². The van der Waals surface area contributed by atoms with Crippen LogP contribution in [0.25, 0.3) is 33.0 Å². The number of carbonyl (C=O) groups excluding carboxylic acids is 1. The SMILES string of the molecule is COc1ccc(NS(=O)(=O)c2ccc3oc(SCC(=O)Nc4cc5oc6ccccc6c5cc4OC)nc3c2)cc1. The Hall–Kier alpha value is -4.68. The highest BCUT2D eigenvalue weighted by Gasteiger charge is 2.18. The quantitative estimate of drug-likeness (QED) is 0.187. The van der Waals surface area contributed by atoms with Crippen LogP contribution in [-0.2, 0) is 14.8 Å². The lowest BCUT2D eigenvalue weighted by Gasteiger charge is -2.09. The Labute approximate surface area is 238 Å². The van der Waals surface area contributed by atoms with Gasteiger partial charge in [0.1, 0.15) is 28.2 Å². The Morgan fingerprint density at radius 3 is 2.46 bits per heavy atom. The molecule has 10 nitrogen and oxygen atoms in total. The van der Waals surface area contributed by atoms with E-state index in [1.165, 1.54) is 32.4 Å². The molecule has 2 aromatic heterocycles. The number of hydrogen-bond acceptors (Lipinski definition) is 9. The van der Waals surface area contributed by atoms with Crippen molar-refractivity contribution in [3.8, 4) is 11.5 Å². The molecule has 0 radical (unpaired) electrons. The molecular formula is C29H23N3O7S2. The van der Waals surface area contributed by atoms with Crippen LogP contribution in [0.15, 0.2) is 97.8 Å². The molecule has 0 aliphatic rings. The Balaban J connectivity index is 1.15. The maximum atomic E-state index is 12.9. The molecule has 0 spiro atoms. The Bertz CT molecular complexity index is 2020. The van der Waals surface area contributed by atoms with Crippen LogP contribution in [0.1, 0.15) is 0 Å². The van der Waals surface area contributed by atoms with Crippen molar-refractivity contribution in [3.05, 3.63) is 78.9 Å². The number of nitrogens with one attached hydrogen (secondary N) is 2. The van der Waals surface area contributed by atoms with Gasteiger partial charge in [-0.15, -0.1) is 0 Å². The first kappa shape index (κ1) is 26.5. The predicted molar refractivity (Wildman–Crippen MR) is 157 cm³/mol. The van der Waals surface area contributed by atoms with Crippen LogP contribution in [0, 0.1) is 0 Å². The summed E-state index contributed by atoms with van der Waals surface area (Å²) in [7, 11) is -0.802. The normalized spacial score (nSPS) is 11.7. The van der Waals surface area contributed by atoms with E-state index in [1.807, 2.05) is 30.3 Å². The van der Waals surface area contributed by atoms with Gasteiger partial charge >= 0.3 is 0 Å². The van der Waals surface area contributed by atoms with Crippen LogP contribution < -0.4 is 19.5 Å². The van der Waals surface area contributed by atoms with Crippen molar-refractivity contribution in [2.45, 2.75) is 10.1 Å². The largest absolute Gasteiger partial charge is 0.497 e. The molecule has 12 heteroatoms. The Morgan fingerprint density at radius 2 is 1.68 bits per heavy atom. The molecule has 0 unspecified atom stereocenters. The van der Waals surface area contributed by atoms with Crippen molar-refractivity contribution in [1.82, 2.24) is 4.98 Å². The van der Waals surface area contributed by atoms with Gasteiger partial charge in [0.05, 0.1) is 30.6 Å². The van der Waals surface area contributed by atoms with Gasteiger partial charge in [-0.25, -0.2) is 13.4 Å². The van der Waals surface area contributed by atoms with Gasteiger partial charge in [0.2, 0.25) is 5.91 Å². The minimum absolute atomic E-state index is 0.00166. The van der Waals surface area contributed by atoms with Gasteiger partial charge in [0.25, 0.3) is 15.2 Å². The molecule has 0 saturated carbocycles. The standard InChI is InChI=1S/C29H23N3O7S2/c1-36-18-9-7-17(8-10-18)32-41(34,35)19-11-12-25-22(13-19)31-29(39-25)40-16-28(33)30-23-15-26-21(14-27(23)37-2)20-5-3-4-6-24(20)38-26/h3-15,32H,16H2,1-2H3,(H,30,33). The number of sulfonamides is 1. The topological polar surface area (TPSA) is 133 Å². The van der Waals surface area contributed by atoms with E-state index in [4.69, 9.17) is 18.3 Å². The van der Waals surface area contributed by atoms with Crippen LogP contribution in [0.3, 0.4) is 0 Å². The fourth-order valence-corrected chi connectivity index (χ4v) is 6.04. The van der Waals surface area contributed by atoms with Gasteiger partial charge in [-0.3, -0.25) is 9.52 Å². The van der Waals surface area contributed by atoms with Crippen molar-refractivity contribution in [2.75, 3.05) is 30.0 Å². The smallest absolute Gasteiger partial charge is 0.261 e. The minimum Gasteiger partial charge on any atom is -0.497 e. The highest BCUT2D eigenvalue weighted by Crippen LogP contribution is 2.36. The molecule has 6 rings (SSSR count). The fourth-order valence-electron chi connectivity index (χ4n) is 4.32. The molecule has 2 N–H and O–H groups in total. The van der Waals surface area contributed by atoms with Gasteiger partial charge in [-0.05, 0) is 54.6 Å². The number of rotatable bonds is 9. The second-order valence-corrected chi connectivity index (χ2v) is 11.5. The molecule has 0 fully saturated rings. The van der Waals surface area contributed by atoms with Crippen LogP contribution in [-0.4, -0.2) is 39.3 Å². The van der Waals surface area contributed by atoms with E-state index in [1.54, 1.807) is 30.3 Å². The molecular weight excluding hydrogens is 566 g/mol. The van der Waals surface area contributed by atoms with Crippen molar-refractivity contribution in [1.29, 1.82) is 0 Å². The molecule has 0 saturated heterocycles. The lowest BCUT2D eigenvalue weighted by atomic mass is 10.1. The molecule has 0 bridgehead atoms. The number of para-hydroxylation sites is 1. The highest BCUT2D eigenvalue weighted by atomic mass is 32.2. The molecule has 4 aromatic carbocycles. The average Bonchev–Trinajstić information content (AvgIpc) is 3.56. The second-order valence-electron chi connectivity index (χ2n) is 8.93. The second kappa shape index (κ2) is 10.7. The summed E-state index contributed by atoms with van der Waals surface area (Å²) in [4.78, 5) is 17.2. The number of ether oxygens (including phenoxy) is 2. The number of oxazole rings is 1. The molecule has 208 valence electrons. The van der Waals surface area contributed by atoms with Crippen molar-refractivity contribution < 1.29 is 31.5 Å². The number of fused-ring (bicyclic) bond motifs is 4. The summed E-state index contributed by atoms with van der Waals surface area (Å²) >= 11 is 1.08. The fraction of sp³-hybridized carbons (Fsp3) is 0.103. The Kier molecular flexibility index (Phi) is 6.93. The number of thioether (sulfide) groups is 1. The summed E-state index contributed by atoms with van der Waals surface area (Å²) in [5.41, 5.74) is 2.98. The number of anilines is 2. The van der Waals surface area contributed by atoms with Gasteiger partial charge in [0.15, 0.2) is 5.58 Å². The van der Waals surface area contributed by atoms with Gasteiger partial charge in [-0.1, -0.05) is 30.0 Å². The van der Waals surface area contributed by atoms with Crippen LogP contribution in [0.2, 0.25) is 0 Å². The summed E-state index contributed by atoms with van der Waals surface area (Å²) in [5, 5.41) is 4.92. The highest BCUT2D eigenvalue weighted by molar-refractivity contribution is 7.99. The number of amides is 1.